The van der Waals surface area contributed by atoms with Gasteiger partial charge in [0.15, 0.2) is 0 Å². The Morgan fingerprint density at radius 3 is 2.59 bits per heavy atom. The molecule has 0 aliphatic carbocycles. The van der Waals surface area contributed by atoms with Crippen LogP contribution in [-0.2, 0) is 0 Å². The van der Waals surface area contributed by atoms with Gasteiger partial charge in [-0.05, 0) is 69.9 Å². The lowest BCUT2D eigenvalue weighted by Crippen LogP contribution is -2.32. The van der Waals surface area contributed by atoms with E-state index in [1.54, 1.807) is 6.07 Å². The summed E-state index contributed by atoms with van der Waals surface area (Å²) in [6.45, 7) is 5.03. The molecule has 1 saturated heterocycles. The Morgan fingerprint density at radius 2 is 1.95 bits per heavy atom. The molecule has 0 atom stereocenters. The zero-order valence-electron chi connectivity index (χ0n) is 13.3. The molecule has 1 aliphatic rings. The third-order valence-electron chi connectivity index (χ3n) is 4.18. The number of likely N-dealkylation sites (tertiary alicyclic amines) is 1. The highest BCUT2D eigenvalue weighted by molar-refractivity contribution is 5.96. The van der Waals surface area contributed by atoms with Gasteiger partial charge in [0.2, 0.25) is 0 Å². The average molecular weight is 348 g/mol. The number of amides is 1. The van der Waals surface area contributed by atoms with E-state index >= 15 is 0 Å². The van der Waals surface area contributed by atoms with Crippen LogP contribution in [0, 0.1) is 12.8 Å². The molecule has 0 saturated carbocycles. The van der Waals surface area contributed by atoms with E-state index in [0.717, 1.165) is 24.4 Å². The summed E-state index contributed by atoms with van der Waals surface area (Å²) in [5.41, 5.74) is 8.03. The van der Waals surface area contributed by atoms with Crippen molar-refractivity contribution in [2.24, 2.45) is 5.92 Å². The molecule has 0 aromatic heterocycles. The maximum absolute atomic E-state index is 12.1. The first-order valence-electron chi connectivity index (χ1n) is 7.39. The molecule has 1 amide bonds. The van der Waals surface area contributed by atoms with Crippen LogP contribution in [0.3, 0.4) is 0 Å². The van der Waals surface area contributed by atoms with Crippen LogP contribution in [0.15, 0.2) is 18.2 Å². The fourth-order valence-corrected chi connectivity index (χ4v) is 2.72. The second-order valence-corrected chi connectivity index (χ2v) is 5.87. The van der Waals surface area contributed by atoms with Crippen LogP contribution in [0.5, 0.6) is 0 Å². The average Bonchev–Trinajstić information content (AvgIpc) is 2.43. The lowest BCUT2D eigenvalue weighted by molar-refractivity contribution is 0.0948. The number of halogens is 2. The first-order valence-corrected chi connectivity index (χ1v) is 7.39. The zero-order chi connectivity index (χ0) is 14.5. The number of anilines is 1. The van der Waals surface area contributed by atoms with Crippen molar-refractivity contribution in [3.8, 4) is 0 Å². The molecular formula is C16H27Cl2N3O. The standard InChI is InChI=1S/C16H25N3O.2ClH/c1-12-3-4-14(17)11-15(12)16(20)18-8-5-13-6-9-19(2)10-7-13;;/h3-4,11,13H,5-10,17H2,1-2H3,(H,18,20);2*1H. The smallest absolute Gasteiger partial charge is 0.251 e. The van der Waals surface area contributed by atoms with Crippen LogP contribution in [0.2, 0.25) is 0 Å². The molecule has 22 heavy (non-hydrogen) atoms. The topological polar surface area (TPSA) is 58.4 Å². The predicted molar refractivity (Wildman–Crippen MR) is 97.3 cm³/mol. The van der Waals surface area contributed by atoms with Crippen LogP contribution < -0.4 is 11.1 Å². The molecule has 0 spiro atoms. The number of nitrogens with two attached hydrogens (primary N) is 1. The van der Waals surface area contributed by atoms with E-state index in [1.165, 1.54) is 25.9 Å². The zero-order valence-corrected chi connectivity index (χ0v) is 14.9. The number of carbonyl (C=O) groups is 1. The summed E-state index contributed by atoms with van der Waals surface area (Å²) in [4.78, 5) is 14.5. The maximum Gasteiger partial charge on any atom is 0.251 e. The van der Waals surface area contributed by atoms with Crippen molar-refractivity contribution >= 4 is 36.4 Å². The van der Waals surface area contributed by atoms with E-state index in [2.05, 4.69) is 17.3 Å². The normalized spacial score (nSPS) is 15.5. The van der Waals surface area contributed by atoms with E-state index in [-0.39, 0.29) is 30.7 Å². The number of rotatable bonds is 4. The highest BCUT2D eigenvalue weighted by Gasteiger charge is 2.16. The second-order valence-electron chi connectivity index (χ2n) is 5.87. The van der Waals surface area contributed by atoms with Crippen molar-refractivity contribution in [3.05, 3.63) is 29.3 Å². The number of nitrogens with zero attached hydrogens (tertiary/aromatic N) is 1. The van der Waals surface area contributed by atoms with E-state index in [1.807, 2.05) is 19.1 Å². The van der Waals surface area contributed by atoms with Crippen LogP contribution in [0.25, 0.3) is 0 Å². The first-order chi connectivity index (χ1) is 9.56. The summed E-state index contributed by atoms with van der Waals surface area (Å²) in [5.74, 6) is 0.733. The number of nitrogens with one attached hydrogen (secondary N) is 1. The summed E-state index contributed by atoms with van der Waals surface area (Å²) in [7, 11) is 2.17. The first kappa shape index (κ1) is 21.0. The van der Waals surface area contributed by atoms with Crippen molar-refractivity contribution in [2.75, 3.05) is 32.4 Å². The number of piperidine rings is 1. The molecule has 2 rings (SSSR count). The van der Waals surface area contributed by atoms with Crippen molar-refractivity contribution in [3.63, 3.8) is 0 Å². The summed E-state index contributed by atoms with van der Waals surface area (Å²) >= 11 is 0. The molecule has 0 radical (unpaired) electrons. The van der Waals surface area contributed by atoms with Crippen molar-refractivity contribution in [1.82, 2.24) is 10.2 Å². The minimum atomic E-state index is -0.0114. The molecule has 0 bridgehead atoms. The fourth-order valence-electron chi connectivity index (χ4n) is 2.72. The van der Waals surface area contributed by atoms with Crippen molar-refractivity contribution in [1.29, 1.82) is 0 Å². The summed E-state index contributed by atoms with van der Waals surface area (Å²) in [6.07, 6.45) is 3.55. The van der Waals surface area contributed by atoms with Gasteiger partial charge in [0.1, 0.15) is 0 Å². The largest absolute Gasteiger partial charge is 0.399 e. The SMILES string of the molecule is Cc1ccc(N)cc1C(=O)NCCC1CCN(C)CC1.Cl.Cl. The second kappa shape index (κ2) is 9.93. The Kier molecular flexibility index (Phi) is 9.49. The molecule has 1 aliphatic heterocycles. The molecule has 6 heteroatoms. The Morgan fingerprint density at radius 1 is 1.32 bits per heavy atom. The van der Waals surface area contributed by atoms with Crippen LogP contribution >= 0.6 is 24.8 Å². The predicted octanol–water partition coefficient (Wildman–Crippen LogP) is 2.88. The Bertz CT molecular complexity index is 474. The fraction of sp³-hybridized carbons (Fsp3) is 0.562. The third kappa shape index (κ3) is 6.03. The van der Waals surface area contributed by atoms with Gasteiger partial charge in [0.05, 0.1) is 0 Å². The number of carbonyl (C=O) groups excluding carboxylic acids is 1. The monoisotopic (exact) mass is 347 g/mol. The summed E-state index contributed by atoms with van der Waals surface area (Å²) in [6, 6.07) is 5.46. The van der Waals surface area contributed by atoms with E-state index in [4.69, 9.17) is 5.73 Å². The van der Waals surface area contributed by atoms with Gasteiger partial charge in [0, 0.05) is 17.8 Å². The van der Waals surface area contributed by atoms with Gasteiger partial charge in [0.25, 0.3) is 5.91 Å². The van der Waals surface area contributed by atoms with E-state index in [0.29, 0.717) is 11.3 Å². The number of benzene rings is 1. The van der Waals surface area contributed by atoms with Crippen molar-refractivity contribution in [2.45, 2.75) is 26.2 Å². The molecule has 4 nitrogen and oxygen atoms in total. The summed E-state index contributed by atoms with van der Waals surface area (Å²) < 4.78 is 0. The van der Waals surface area contributed by atoms with Gasteiger partial charge in [-0.2, -0.15) is 0 Å². The molecule has 126 valence electrons. The molecule has 1 fully saturated rings. The quantitative estimate of drug-likeness (QED) is 0.823. The number of hydrogen-bond acceptors (Lipinski definition) is 3. The number of nitrogen functional groups attached to an aromatic ring is 1. The maximum atomic E-state index is 12.1. The lowest BCUT2D eigenvalue weighted by atomic mass is 9.94. The highest BCUT2D eigenvalue weighted by Crippen LogP contribution is 2.19. The Hall–Kier alpha value is -0.970. The van der Waals surface area contributed by atoms with Gasteiger partial charge in [-0.15, -0.1) is 24.8 Å². The van der Waals surface area contributed by atoms with Crippen LogP contribution in [0.1, 0.15) is 35.2 Å². The minimum absolute atomic E-state index is 0. The van der Waals surface area contributed by atoms with Crippen LogP contribution in [0.4, 0.5) is 5.69 Å². The van der Waals surface area contributed by atoms with Gasteiger partial charge in [-0.1, -0.05) is 6.07 Å². The van der Waals surface area contributed by atoms with Crippen LogP contribution in [-0.4, -0.2) is 37.5 Å². The lowest BCUT2D eigenvalue weighted by Gasteiger charge is -2.28. The number of aryl methyl sites for hydroxylation is 1. The minimum Gasteiger partial charge on any atom is -0.399 e. The molecule has 1 aromatic rings. The highest BCUT2D eigenvalue weighted by atomic mass is 35.5. The molecule has 0 unspecified atom stereocenters. The van der Waals surface area contributed by atoms with Gasteiger partial charge in [-0.3, -0.25) is 4.79 Å². The molecule has 3 N–H and O–H groups in total. The number of hydrogen-bond donors (Lipinski definition) is 2. The van der Waals surface area contributed by atoms with E-state index < -0.39 is 0 Å². The van der Waals surface area contributed by atoms with Gasteiger partial charge in [-0.25, -0.2) is 0 Å². The van der Waals surface area contributed by atoms with Gasteiger partial charge >= 0.3 is 0 Å². The summed E-state index contributed by atoms with van der Waals surface area (Å²) in [5, 5.41) is 3.02. The Labute approximate surface area is 145 Å². The Balaban J connectivity index is 0.00000220. The molecule has 1 aromatic carbocycles. The van der Waals surface area contributed by atoms with Gasteiger partial charge < -0.3 is 16.0 Å². The van der Waals surface area contributed by atoms with Crippen molar-refractivity contribution < 1.29 is 4.79 Å². The molecule has 1 heterocycles. The third-order valence-corrected chi connectivity index (χ3v) is 4.18. The van der Waals surface area contributed by atoms with E-state index in [9.17, 15) is 4.79 Å². The molecular weight excluding hydrogens is 321 g/mol.